The fraction of sp³-hybridized carbons (Fsp3) is 0.500. The molecule has 1 aromatic carbocycles. The Labute approximate surface area is 94.1 Å². The molecule has 4 atom stereocenters. The molecule has 3 N–H and O–H groups in total. The van der Waals surface area contributed by atoms with E-state index in [1.54, 1.807) is 0 Å². The molecule has 0 saturated carbocycles. The van der Waals surface area contributed by atoms with E-state index in [0.717, 1.165) is 11.1 Å². The summed E-state index contributed by atoms with van der Waals surface area (Å²) < 4.78 is 5.43. The van der Waals surface area contributed by atoms with Crippen LogP contribution in [0, 0.1) is 6.92 Å². The van der Waals surface area contributed by atoms with E-state index in [4.69, 9.17) is 9.84 Å². The van der Waals surface area contributed by atoms with Crippen molar-refractivity contribution in [2.24, 2.45) is 0 Å². The average Bonchev–Trinajstić information content (AvgIpc) is 2.56. The second-order valence-corrected chi connectivity index (χ2v) is 4.17. The second kappa shape index (κ2) is 4.51. The van der Waals surface area contributed by atoms with Crippen molar-refractivity contribution in [3.05, 3.63) is 35.4 Å². The summed E-state index contributed by atoms with van der Waals surface area (Å²) >= 11 is 0. The highest BCUT2D eigenvalue weighted by molar-refractivity contribution is 5.26. The van der Waals surface area contributed by atoms with Gasteiger partial charge in [0.25, 0.3) is 0 Å². The molecule has 1 heterocycles. The Morgan fingerprint density at radius 2 is 2.00 bits per heavy atom. The number of aliphatic hydroxyl groups excluding tert-OH is 3. The lowest BCUT2D eigenvalue weighted by Gasteiger charge is -2.15. The van der Waals surface area contributed by atoms with Gasteiger partial charge in [0, 0.05) is 0 Å². The Hall–Kier alpha value is -0.940. The maximum absolute atomic E-state index is 9.82. The Balaban J connectivity index is 2.23. The number of rotatable bonds is 2. The monoisotopic (exact) mass is 224 g/mol. The van der Waals surface area contributed by atoms with Crippen molar-refractivity contribution in [1.82, 2.24) is 0 Å². The average molecular weight is 224 g/mol. The van der Waals surface area contributed by atoms with Crippen molar-refractivity contribution in [2.45, 2.75) is 31.3 Å². The van der Waals surface area contributed by atoms with E-state index >= 15 is 0 Å². The first-order valence-corrected chi connectivity index (χ1v) is 5.32. The normalized spacial score (nSPS) is 34.2. The Morgan fingerprint density at radius 3 is 2.56 bits per heavy atom. The molecule has 1 aliphatic rings. The predicted octanol–water partition coefficient (Wildman–Crippen LogP) is 0.149. The minimum Gasteiger partial charge on any atom is -0.394 e. The first-order chi connectivity index (χ1) is 7.63. The van der Waals surface area contributed by atoms with Crippen LogP contribution < -0.4 is 0 Å². The summed E-state index contributed by atoms with van der Waals surface area (Å²) in [7, 11) is 0. The number of hydrogen-bond acceptors (Lipinski definition) is 4. The van der Waals surface area contributed by atoms with Gasteiger partial charge in [-0.25, -0.2) is 0 Å². The molecular formula is C12H16O4. The van der Waals surface area contributed by atoms with Gasteiger partial charge in [-0.3, -0.25) is 0 Å². The van der Waals surface area contributed by atoms with Gasteiger partial charge >= 0.3 is 0 Å². The lowest BCUT2D eigenvalue weighted by molar-refractivity contribution is -0.0227. The molecule has 0 spiro atoms. The summed E-state index contributed by atoms with van der Waals surface area (Å²) in [5.41, 5.74) is 1.89. The molecular weight excluding hydrogens is 208 g/mol. The maximum Gasteiger partial charge on any atom is 0.113 e. The van der Waals surface area contributed by atoms with Crippen LogP contribution in [0.3, 0.4) is 0 Å². The fourth-order valence-corrected chi connectivity index (χ4v) is 2.02. The van der Waals surface area contributed by atoms with E-state index in [1.807, 2.05) is 31.2 Å². The molecule has 1 aliphatic heterocycles. The van der Waals surface area contributed by atoms with Crippen LogP contribution in [0.2, 0.25) is 0 Å². The fourth-order valence-electron chi connectivity index (χ4n) is 2.02. The van der Waals surface area contributed by atoms with Crippen molar-refractivity contribution >= 4 is 0 Å². The largest absolute Gasteiger partial charge is 0.394 e. The van der Waals surface area contributed by atoms with Crippen LogP contribution in [0.25, 0.3) is 0 Å². The number of hydrogen-bond donors (Lipinski definition) is 3. The van der Waals surface area contributed by atoms with Gasteiger partial charge < -0.3 is 20.1 Å². The smallest absolute Gasteiger partial charge is 0.113 e. The highest BCUT2D eigenvalue weighted by Crippen LogP contribution is 2.33. The molecule has 4 nitrogen and oxygen atoms in total. The third kappa shape index (κ3) is 1.97. The van der Waals surface area contributed by atoms with Crippen LogP contribution >= 0.6 is 0 Å². The van der Waals surface area contributed by atoms with E-state index in [2.05, 4.69) is 0 Å². The Morgan fingerprint density at radius 1 is 1.25 bits per heavy atom. The zero-order valence-electron chi connectivity index (χ0n) is 9.08. The quantitative estimate of drug-likeness (QED) is 0.668. The maximum atomic E-state index is 9.82. The summed E-state index contributed by atoms with van der Waals surface area (Å²) in [5, 5.41) is 28.4. The van der Waals surface area contributed by atoms with Gasteiger partial charge in [0.2, 0.25) is 0 Å². The predicted molar refractivity (Wildman–Crippen MR) is 57.9 cm³/mol. The molecule has 0 aromatic heterocycles. The first kappa shape index (κ1) is 11.5. The highest BCUT2D eigenvalue weighted by atomic mass is 16.6. The molecule has 1 saturated heterocycles. The van der Waals surface area contributed by atoms with Crippen LogP contribution in [0.1, 0.15) is 17.2 Å². The van der Waals surface area contributed by atoms with Crippen molar-refractivity contribution in [1.29, 1.82) is 0 Å². The van der Waals surface area contributed by atoms with Gasteiger partial charge in [0.05, 0.1) is 6.61 Å². The zero-order chi connectivity index (χ0) is 11.7. The van der Waals surface area contributed by atoms with E-state index in [1.165, 1.54) is 0 Å². The SMILES string of the molecule is Cc1cccc([C@@H]2O[C@H](CO)[C@@H](O)[C@H]2O)c1. The lowest BCUT2D eigenvalue weighted by atomic mass is 10.0. The van der Waals surface area contributed by atoms with Gasteiger partial charge in [-0.15, -0.1) is 0 Å². The molecule has 16 heavy (non-hydrogen) atoms. The Bertz CT molecular complexity index is 366. The molecule has 1 aromatic rings. The summed E-state index contributed by atoms with van der Waals surface area (Å²) in [6.07, 6.45) is -3.29. The Kier molecular flexibility index (Phi) is 3.25. The summed E-state index contributed by atoms with van der Waals surface area (Å²) in [6.45, 7) is 1.66. The molecule has 0 aliphatic carbocycles. The summed E-state index contributed by atoms with van der Waals surface area (Å²) in [4.78, 5) is 0. The topological polar surface area (TPSA) is 69.9 Å². The van der Waals surface area contributed by atoms with Crippen LogP contribution in [-0.4, -0.2) is 40.2 Å². The van der Waals surface area contributed by atoms with Crippen LogP contribution in [-0.2, 0) is 4.74 Å². The van der Waals surface area contributed by atoms with Gasteiger partial charge in [0.1, 0.15) is 24.4 Å². The minimum absolute atomic E-state index is 0.291. The van der Waals surface area contributed by atoms with Crippen molar-refractivity contribution < 1.29 is 20.1 Å². The molecule has 0 radical (unpaired) electrons. The van der Waals surface area contributed by atoms with Crippen molar-refractivity contribution in [3.63, 3.8) is 0 Å². The van der Waals surface area contributed by atoms with Crippen LogP contribution in [0.5, 0.6) is 0 Å². The molecule has 0 bridgehead atoms. The van der Waals surface area contributed by atoms with Crippen LogP contribution in [0.15, 0.2) is 24.3 Å². The third-order valence-electron chi connectivity index (χ3n) is 2.91. The zero-order valence-corrected chi connectivity index (χ0v) is 9.08. The lowest BCUT2D eigenvalue weighted by Crippen LogP contribution is -2.32. The van der Waals surface area contributed by atoms with Gasteiger partial charge in [0.15, 0.2) is 0 Å². The molecule has 1 fully saturated rings. The summed E-state index contributed by atoms with van der Waals surface area (Å²) in [6, 6.07) is 7.57. The minimum atomic E-state index is -1.03. The van der Waals surface area contributed by atoms with Crippen LogP contribution in [0.4, 0.5) is 0 Å². The van der Waals surface area contributed by atoms with Gasteiger partial charge in [-0.2, -0.15) is 0 Å². The molecule has 0 unspecified atom stereocenters. The highest BCUT2D eigenvalue weighted by Gasteiger charge is 2.42. The molecule has 4 heteroatoms. The first-order valence-electron chi connectivity index (χ1n) is 5.32. The third-order valence-corrected chi connectivity index (χ3v) is 2.91. The van der Waals surface area contributed by atoms with E-state index in [0.29, 0.717) is 0 Å². The molecule has 2 rings (SSSR count). The van der Waals surface area contributed by atoms with Crippen molar-refractivity contribution in [2.75, 3.05) is 6.61 Å². The molecule has 0 amide bonds. The van der Waals surface area contributed by atoms with Gasteiger partial charge in [-0.1, -0.05) is 29.8 Å². The summed E-state index contributed by atoms with van der Waals surface area (Å²) in [5.74, 6) is 0. The standard InChI is InChI=1S/C12H16O4/c1-7-3-2-4-8(5-7)12-11(15)10(14)9(6-13)16-12/h2-5,9-15H,6H2,1H3/t9-,10-,11-,12+/m1/s1. The number of aryl methyl sites for hydroxylation is 1. The number of ether oxygens (including phenoxy) is 1. The second-order valence-electron chi connectivity index (χ2n) is 4.17. The molecule has 88 valence electrons. The van der Waals surface area contributed by atoms with Gasteiger partial charge in [-0.05, 0) is 12.5 Å². The number of aliphatic hydroxyl groups is 3. The van der Waals surface area contributed by atoms with E-state index in [9.17, 15) is 10.2 Å². The number of benzene rings is 1. The van der Waals surface area contributed by atoms with E-state index < -0.39 is 24.4 Å². The van der Waals surface area contributed by atoms with Crippen molar-refractivity contribution in [3.8, 4) is 0 Å². The van der Waals surface area contributed by atoms with E-state index in [-0.39, 0.29) is 6.61 Å².